The van der Waals surface area contributed by atoms with Gasteiger partial charge in [-0.3, -0.25) is 9.88 Å². The number of hydrogen-bond donors (Lipinski definition) is 0. The largest absolute Gasteiger partial charge is 0.493 e. The van der Waals surface area contributed by atoms with E-state index in [1.807, 2.05) is 24.3 Å². The van der Waals surface area contributed by atoms with E-state index in [0.29, 0.717) is 6.61 Å². The second-order valence-electron chi connectivity index (χ2n) is 7.50. The van der Waals surface area contributed by atoms with Crippen molar-refractivity contribution in [1.29, 1.82) is 0 Å². The number of piperazine rings is 1. The zero-order valence-electron chi connectivity index (χ0n) is 17.1. The van der Waals surface area contributed by atoms with Gasteiger partial charge >= 0.3 is 0 Å². The van der Waals surface area contributed by atoms with E-state index in [-0.39, 0.29) is 0 Å². The van der Waals surface area contributed by atoms with Crippen molar-refractivity contribution >= 4 is 10.9 Å². The van der Waals surface area contributed by atoms with E-state index >= 15 is 0 Å². The van der Waals surface area contributed by atoms with Crippen molar-refractivity contribution in [2.75, 3.05) is 46.4 Å². The van der Waals surface area contributed by atoms with Crippen LogP contribution in [0.2, 0.25) is 0 Å². The zero-order valence-corrected chi connectivity index (χ0v) is 17.1. The van der Waals surface area contributed by atoms with Gasteiger partial charge in [-0.2, -0.15) is 0 Å². The summed E-state index contributed by atoms with van der Waals surface area (Å²) in [6.07, 6.45) is 2.80. The number of ether oxygens (including phenoxy) is 2. The lowest BCUT2D eigenvalue weighted by atomic mass is 10.2. The summed E-state index contributed by atoms with van der Waals surface area (Å²) in [6.45, 7) is 7.28. The summed E-state index contributed by atoms with van der Waals surface area (Å²) >= 11 is 0. The number of methoxy groups -OCH3 is 1. The normalized spacial score (nSPS) is 15.5. The molecule has 0 amide bonds. The van der Waals surface area contributed by atoms with E-state index in [0.717, 1.165) is 68.1 Å². The molecule has 1 aromatic heterocycles. The minimum absolute atomic E-state index is 0.679. The Morgan fingerprint density at radius 3 is 2.48 bits per heavy atom. The topological polar surface area (TPSA) is 37.8 Å². The maximum Gasteiger partial charge on any atom is 0.163 e. The number of rotatable bonds is 8. The number of nitrogens with zero attached hydrogens (tertiary/aromatic N) is 3. The molecule has 1 saturated heterocycles. The standard InChI is InChI=1S/C24H29N3O2/c1-28-23-17-21-9-5-10-25-22(21)18-24(23)29-16-6-11-26-12-14-27(15-13-26)19-20-7-3-2-4-8-20/h2-5,7-10,17-18H,6,11-16,19H2,1H3. The molecule has 3 aromatic rings. The molecule has 0 bridgehead atoms. The summed E-state index contributed by atoms with van der Waals surface area (Å²) in [7, 11) is 1.68. The fraction of sp³-hybridized carbons (Fsp3) is 0.375. The molecular formula is C24H29N3O2. The Labute approximate surface area is 172 Å². The maximum absolute atomic E-state index is 6.03. The Morgan fingerprint density at radius 2 is 1.69 bits per heavy atom. The van der Waals surface area contributed by atoms with Gasteiger partial charge in [0, 0.05) is 56.9 Å². The average Bonchev–Trinajstić information content (AvgIpc) is 2.78. The van der Waals surface area contributed by atoms with Gasteiger partial charge in [-0.05, 0) is 24.1 Å². The van der Waals surface area contributed by atoms with E-state index < -0.39 is 0 Å². The molecule has 0 atom stereocenters. The molecule has 5 heteroatoms. The molecule has 0 spiro atoms. The van der Waals surface area contributed by atoms with Gasteiger partial charge in [0.05, 0.1) is 19.2 Å². The first-order valence-electron chi connectivity index (χ1n) is 10.4. The Hall–Kier alpha value is -2.63. The van der Waals surface area contributed by atoms with Gasteiger partial charge in [0.25, 0.3) is 0 Å². The van der Waals surface area contributed by atoms with Crippen molar-refractivity contribution in [3.05, 3.63) is 66.4 Å². The smallest absolute Gasteiger partial charge is 0.163 e. The van der Waals surface area contributed by atoms with Gasteiger partial charge in [0.1, 0.15) is 0 Å². The highest BCUT2D eigenvalue weighted by Crippen LogP contribution is 2.31. The number of benzene rings is 2. The van der Waals surface area contributed by atoms with Crippen LogP contribution in [0.4, 0.5) is 0 Å². The SMILES string of the molecule is COc1cc2cccnc2cc1OCCCN1CCN(Cc2ccccc2)CC1. The summed E-state index contributed by atoms with van der Waals surface area (Å²) in [5, 5.41) is 1.06. The first-order valence-corrected chi connectivity index (χ1v) is 10.4. The van der Waals surface area contributed by atoms with Crippen molar-refractivity contribution < 1.29 is 9.47 Å². The molecule has 5 nitrogen and oxygen atoms in total. The van der Waals surface area contributed by atoms with Crippen LogP contribution in [0.25, 0.3) is 10.9 Å². The van der Waals surface area contributed by atoms with Crippen LogP contribution < -0.4 is 9.47 Å². The Balaban J connectivity index is 1.21. The molecular weight excluding hydrogens is 362 g/mol. The van der Waals surface area contributed by atoms with Gasteiger partial charge in [-0.15, -0.1) is 0 Å². The molecule has 1 fully saturated rings. The summed E-state index contributed by atoms with van der Waals surface area (Å²) in [6, 6.07) is 18.7. The third-order valence-electron chi connectivity index (χ3n) is 5.48. The molecule has 1 aliphatic rings. The van der Waals surface area contributed by atoms with Crippen molar-refractivity contribution in [2.24, 2.45) is 0 Å². The molecule has 29 heavy (non-hydrogen) atoms. The Bertz CT molecular complexity index is 908. The second kappa shape index (κ2) is 9.72. The molecule has 2 aromatic carbocycles. The summed E-state index contributed by atoms with van der Waals surface area (Å²) < 4.78 is 11.5. The maximum atomic E-state index is 6.03. The lowest BCUT2D eigenvalue weighted by Crippen LogP contribution is -2.46. The molecule has 1 aliphatic heterocycles. The van der Waals surface area contributed by atoms with Crippen LogP contribution in [0.1, 0.15) is 12.0 Å². The second-order valence-corrected chi connectivity index (χ2v) is 7.50. The van der Waals surface area contributed by atoms with Crippen LogP contribution in [0.5, 0.6) is 11.5 Å². The number of aromatic nitrogens is 1. The number of fused-ring (bicyclic) bond motifs is 1. The van der Waals surface area contributed by atoms with Crippen LogP contribution in [-0.4, -0.2) is 61.2 Å². The molecule has 2 heterocycles. The number of hydrogen-bond acceptors (Lipinski definition) is 5. The third kappa shape index (κ3) is 5.25. The van der Waals surface area contributed by atoms with Gasteiger partial charge in [0.15, 0.2) is 11.5 Å². The zero-order chi connectivity index (χ0) is 19.9. The highest BCUT2D eigenvalue weighted by molar-refractivity contribution is 5.82. The minimum atomic E-state index is 0.679. The highest BCUT2D eigenvalue weighted by Gasteiger charge is 2.16. The quantitative estimate of drug-likeness (QED) is 0.546. The van der Waals surface area contributed by atoms with Crippen LogP contribution in [0.3, 0.4) is 0 Å². The van der Waals surface area contributed by atoms with Crippen molar-refractivity contribution in [3.63, 3.8) is 0 Å². The molecule has 0 unspecified atom stereocenters. The average molecular weight is 392 g/mol. The predicted molar refractivity (Wildman–Crippen MR) is 117 cm³/mol. The fourth-order valence-electron chi connectivity index (χ4n) is 3.84. The van der Waals surface area contributed by atoms with Gasteiger partial charge in [0.2, 0.25) is 0 Å². The number of pyridine rings is 1. The molecule has 4 rings (SSSR count). The molecule has 0 aliphatic carbocycles. The van der Waals surface area contributed by atoms with Crippen LogP contribution in [0.15, 0.2) is 60.8 Å². The van der Waals surface area contributed by atoms with Gasteiger partial charge in [-0.1, -0.05) is 36.4 Å². The summed E-state index contributed by atoms with van der Waals surface area (Å²) in [5.74, 6) is 1.53. The monoisotopic (exact) mass is 391 g/mol. The van der Waals surface area contributed by atoms with E-state index in [1.165, 1.54) is 5.56 Å². The van der Waals surface area contributed by atoms with Gasteiger partial charge < -0.3 is 14.4 Å². The van der Waals surface area contributed by atoms with Crippen molar-refractivity contribution in [3.8, 4) is 11.5 Å². The van der Waals surface area contributed by atoms with Crippen molar-refractivity contribution in [2.45, 2.75) is 13.0 Å². The first kappa shape index (κ1) is 19.7. The lowest BCUT2D eigenvalue weighted by Gasteiger charge is -2.34. The van der Waals surface area contributed by atoms with E-state index in [2.05, 4.69) is 45.1 Å². The fourth-order valence-corrected chi connectivity index (χ4v) is 3.84. The summed E-state index contributed by atoms with van der Waals surface area (Å²) in [4.78, 5) is 9.48. The van der Waals surface area contributed by atoms with E-state index in [1.54, 1.807) is 13.3 Å². The predicted octanol–water partition coefficient (Wildman–Crippen LogP) is 3.83. The van der Waals surface area contributed by atoms with Crippen molar-refractivity contribution in [1.82, 2.24) is 14.8 Å². The Morgan fingerprint density at radius 1 is 0.897 bits per heavy atom. The molecule has 0 radical (unpaired) electrons. The van der Waals surface area contributed by atoms with Crippen LogP contribution in [-0.2, 0) is 6.54 Å². The minimum Gasteiger partial charge on any atom is -0.493 e. The van der Waals surface area contributed by atoms with Gasteiger partial charge in [-0.25, -0.2) is 0 Å². The molecule has 152 valence electrons. The highest BCUT2D eigenvalue weighted by atomic mass is 16.5. The Kier molecular flexibility index (Phi) is 6.60. The lowest BCUT2D eigenvalue weighted by molar-refractivity contribution is 0.121. The van der Waals surface area contributed by atoms with Crippen LogP contribution >= 0.6 is 0 Å². The van der Waals surface area contributed by atoms with E-state index in [9.17, 15) is 0 Å². The molecule has 0 saturated carbocycles. The molecule has 0 N–H and O–H groups in total. The summed E-state index contributed by atoms with van der Waals surface area (Å²) in [5.41, 5.74) is 2.33. The van der Waals surface area contributed by atoms with Crippen LogP contribution in [0, 0.1) is 0 Å². The van der Waals surface area contributed by atoms with E-state index in [4.69, 9.17) is 9.47 Å². The first-order chi connectivity index (χ1) is 14.3. The third-order valence-corrected chi connectivity index (χ3v) is 5.48.